The normalized spacial score (nSPS) is 12.2. The van der Waals surface area contributed by atoms with E-state index >= 15 is 0 Å². The summed E-state index contributed by atoms with van der Waals surface area (Å²) >= 11 is 12.8. The van der Waals surface area contributed by atoms with Crippen LogP contribution in [-0.2, 0) is 26.2 Å². The molecule has 0 unspecified atom stereocenters. The van der Waals surface area contributed by atoms with Crippen LogP contribution in [0.25, 0.3) is 0 Å². The lowest BCUT2D eigenvalue weighted by Gasteiger charge is -2.34. The molecule has 0 heterocycles. The summed E-state index contributed by atoms with van der Waals surface area (Å²) in [4.78, 5) is 28.8. The summed E-state index contributed by atoms with van der Waals surface area (Å²) in [5, 5.41) is 3.04. The summed E-state index contributed by atoms with van der Waals surface area (Å²) < 4.78 is 28.9. The summed E-state index contributed by atoms with van der Waals surface area (Å²) in [7, 11) is -4.25. The molecule has 2 amide bonds. The minimum absolute atomic E-state index is 0.00250. The van der Waals surface area contributed by atoms with Crippen molar-refractivity contribution in [3.05, 3.63) is 93.5 Å². The molecule has 0 spiro atoms. The maximum absolute atomic E-state index is 14.1. The first-order chi connectivity index (χ1) is 18.9. The van der Waals surface area contributed by atoms with Gasteiger partial charge in [0.05, 0.1) is 20.6 Å². The minimum atomic E-state index is -4.25. The van der Waals surface area contributed by atoms with Crippen LogP contribution in [0, 0.1) is 13.8 Å². The average molecular weight is 605 g/mol. The SMILES string of the molecule is CC[C@@H](C(=O)NC(C)C)N(Cc1ccccc1C)C(=O)CN(c1cccc(Cl)c1Cl)S(=O)(=O)c1ccc(C)cc1. The van der Waals surface area contributed by atoms with E-state index in [4.69, 9.17) is 23.2 Å². The van der Waals surface area contributed by atoms with E-state index in [1.54, 1.807) is 24.3 Å². The molecule has 40 heavy (non-hydrogen) atoms. The Morgan fingerprint density at radius 1 is 0.925 bits per heavy atom. The Kier molecular flexibility index (Phi) is 10.6. The summed E-state index contributed by atoms with van der Waals surface area (Å²) in [5.74, 6) is -0.867. The first kappa shape index (κ1) is 31.5. The number of nitrogens with one attached hydrogen (secondary N) is 1. The molecule has 3 aromatic rings. The van der Waals surface area contributed by atoms with Crippen LogP contribution in [-0.4, -0.2) is 43.8 Å². The molecule has 0 bridgehead atoms. The van der Waals surface area contributed by atoms with Gasteiger partial charge in [-0.3, -0.25) is 13.9 Å². The number of aryl methyl sites for hydroxylation is 2. The molecule has 1 N–H and O–H groups in total. The van der Waals surface area contributed by atoms with Gasteiger partial charge >= 0.3 is 0 Å². The highest BCUT2D eigenvalue weighted by atomic mass is 35.5. The molecule has 0 aromatic heterocycles. The van der Waals surface area contributed by atoms with Crippen molar-refractivity contribution in [2.24, 2.45) is 0 Å². The van der Waals surface area contributed by atoms with E-state index in [-0.39, 0.29) is 39.1 Å². The molecular weight excluding hydrogens is 569 g/mol. The van der Waals surface area contributed by atoms with Crippen molar-refractivity contribution in [1.29, 1.82) is 0 Å². The van der Waals surface area contributed by atoms with Crippen LogP contribution in [0.4, 0.5) is 5.69 Å². The average Bonchev–Trinajstić information content (AvgIpc) is 2.89. The maximum Gasteiger partial charge on any atom is 0.264 e. The van der Waals surface area contributed by atoms with E-state index in [1.807, 2.05) is 58.9 Å². The zero-order valence-electron chi connectivity index (χ0n) is 23.3. The lowest BCUT2D eigenvalue weighted by Crippen LogP contribution is -2.53. The van der Waals surface area contributed by atoms with Gasteiger partial charge in [-0.05, 0) is 69.5 Å². The van der Waals surface area contributed by atoms with Crippen LogP contribution in [0.15, 0.2) is 71.6 Å². The molecule has 3 aromatic carbocycles. The molecule has 0 saturated heterocycles. The molecule has 0 aliphatic heterocycles. The molecule has 0 aliphatic carbocycles. The van der Waals surface area contributed by atoms with Gasteiger partial charge in [-0.15, -0.1) is 0 Å². The van der Waals surface area contributed by atoms with Crippen molar-refractivity contribution in [1.82, 2.24) is 10.2 Å². The second kappa shape index (κ2) is 13.5. The number of nitrogens with zero attached hydrogens (tertiary/aromatic N) is 2. The number of carbonyl (C=O) groups is 2. The van der Waals surface area contributed by atoms with Crippen LogP contribution in [0.2, 0.25) is 10.0 Å². The van der Waals surface area contributed by atoms with Crippen molar-refractivity contribution in [2.75, 3.05) is 10.8 Å². The van der Waals surface area contributed by atoms with E-state index in [1.165, 1.54) is 23.1 Å². The molecule has 0 aliphatic rings. The second-order valence-corrected chi connectivity index (χ2v) is 12.6. The number of halogens is 2. The second-order valence-electron chi connectivity index (χ2n) is 9.93. The van der Waals surface area contributed by atoms with Gasteiger partial charge in [0.15, 0.2) is 0 Å². The molecule has 3 rings (SSSR count). The van der Waals surface area contributed by atoms with Gasteiger partial charge in [-0.2, -0.15) is 0 Å². The number of anilines is 1. The van der Waals surface area contributed by atoms with Crippen LogP contribution in [0.3, 0.4) is 0 Å². The molecule has 0 saturated carbocycles. The van der Waals surface area contributed by atoms with Gasteiger partial charge in [0, 0.05) is 12.6 Å². The Morgan fingerprint density at radius 3 is 2.17 bits per heavy atom. The highest BCUT2D eigenvalue weighted by Gasteiger charge is 2.35. The zero-order valence-corrected chi connectivity index (χ0v) is 25.6. The molecule has 10 heteroatoms. The van der Waals surface area contributed by atoms with Gasteiger partial charge in [0.2, 0.25) is 11.8 Å². The Bertz CT molecular complexity index is 1460. The number of amides is 2. The number of rotatable bonds is 11. The van der Waals surface area contributed by atoms with Gasteiger partial charge in [0.25, 0.3) is 10.0 Å². The molecule has 1 atom stereocenters. The van der Waals surface area contributed by atoms with Crippen molar-refractivity contribution in [3.8, 4) is 0 Å². The molecule has 0 radical (unpaired) electrons. The first-order valence-corrected chi connectivity index (χ1v) is 15.2. The van der Waals surface area contributed by atoms with Crippen molar-refractivity contribution in [3.63, 3.8) is 0 Å². The van der Waals surface area contributed by atoms with Gasteiger partial charge in [-0.1, -0.05) is 78.2 Å². The summed E-state index contributed by atoms with van der Waals surface area (Å²) in [6, 6.07) is 17.5. The van der Waals surface area contributed by atoms with E-state index < -0.39 is 28.5 Å². The lowest BCUT2D eigenvalue weighted by molar-refractivity contribution is -0.140. The van der Waals surface area contributed by atoms with E-state index in [2.05, 4.69) is 5.32 Å². The van der Waals surface area contributed by atoms with Gasteiger partial charge < -0.3 is 10.2 Å². The highest BCUT2D eigenvalue weighted by molar-refractivity contribution is 7.92. The maximum atomic E-state index is 14.1. The Morgan fingerprint density at radius 2 is 1.57 bits per heavy atom. The Balaban J connectivity index is 2.12. The van der Waals surface area contributed by atoms with Crippen LogP contribution < -0.4 is 9.62 Å². The number of sulfonamides is 1. The summed E-state index contributed by atoms with van der Waals surface area (Å²) in [5.41, 5.74) is 2.74. The minimum Gasteiger partial charge on any atom is -0.352 e. The third kappa shape index (κ3) is 7.36. The topological polar surface area (TPSA) is 86.8 Å². The smallest absolute Gasteiger partial charge is 0.264 e. The van der Waals surface area contributed by atoms with Crippen molar-refractivity contribution >= 4 is 50.7 Å². The Labute approximate surface area is 247 Å². The molecule has 7 nitrogen and oxygen atoms in total. The number of carbonyl (C=O) groups excluding carboxylic acids is 2. The third-order valence-corrected chi connectivity index (χ3v) is 9.09. The molecular formula is C30H35Cl2N3O4S. The lowest BCUT2D eigenvalue weighted by atomic mass is 10.1. The monoisotopic (exact) mass is 603 g/mol. The van der Waals surface area contributed by atoms with Crippen LogP contribution in [0.5, 0.6) is 0 Å². The third-order valence-electron chi connectivity index (χ3n) is 6.51. The predicted molar refractivity (Wildman–Crippen MR) is 161 cm³/mol. The summed E-state index contributed by atoms with van der Waals surface area (Å²) in [6.45, 7) is 8.81. The van der Waals surface area contributed by atoms with E-state index in [0.29, 0.717) is 6.42 Å². The quantitative estimate of drug-likeness (QED) is 0.285. The highest BCUT2D eigenvalue weighted by Crippen LogP contribution is 2.35. The van der Waals surface area contributed by atoms with Crippen molar-refractivity contribution in [2.45, 2.75) is 64.6 Å². The fourth-order valence-corrected chi connectivity index (χ4v) is 6.18. The number of hydrogen-bond donors (Lipinski definition) is 1. The van der Waals surface area contributed by atoms with Gasteiger partial charge in [0.1, 0.15) is 12.6 Å². The number of hydrogen-bond acceptors (Lipinski definition) is 4. The van der Waals surface area contributed by atoms with Crippen LogP contribution >= 0.6 is 23.2 Å². The fraction of sp³-hybridized carbons (Fsp3) is 0.333. The largest absolute Gasteiger partial charge is 0.352 e. The predicted octanol–water partition coefficient (Wildman–Crippen LogP) is 6.14. The van der Waals surface area contributed by atoms with E-state index in [0.717, 1.165) is 21.0 Å². The van der Waals surface area contributed by atoms with Gasteiger partial charge in [-0.25, -0.2) is 8.42 Å². The molecule has 214 valence electrons. The van der Waals surface area contributed by atoms with Crippen LogP contribution in [0.1, 0.15) is 43.9 Å². The standard InChI is InChI=1S/C30H35Cl2N3O4S/c1-6-26(30(37)33-20(2)3)34(18-23-11-8-7-10-22(23)5)28(36)19-35(27-13-9-12-25(31)29(27)32)40(38,39)24-16-14-21(4)15-17-24/h7-17,20,26H,6,18-19H2,1-5H3,(H,33,37)/t26-/m0/s1. The number of benzene rings is 3. The molecule has 0 fully saturated rings. The summed E-state index contributed by atoms with van der Waals surface area (Å²) in [6.07, 6.45) is 0.332. The zero-order chi connectivity index (χ0) is 29.6. The Hall–Kier alpha value is -3.07. The van der Waals surface area contributed by atoms with Crippen molar-refractivity contribution < 1.29 is 18.0 Å². The van der Waals surface area contributed by atoms with E-state index in [9.17, 15) is 18.0 Å². The first-order valence-electron chi connectivity index (χ1n) is 13.0. The fourth-order valence-electron chi connectivity index (χ4n) is 4.31.